The molecule has 0 spiro atoms. The lowest BCUT2D eigenvalue weighted by Gasteiger charge is -2.18. The third-order valence-corrected chi connectivity index (χ3v) is 4.49. The molecule has 1 saturated heterocycles. The Labute approximate surface area is 135 Å². The van der Waals surface area contributed by atoms with Crippen molar-refractivity contribution >= 4 is 5.91 Å². The van der Waals surface area contributed by atoms with Gasteiger partial charge in [-0.15, -0.1) is 0 Å². The van der Waals surface area contributed by atoms with Crippen molar-refractivity contribution in [2.45, 2.75) is 32.8 Å². The summed E-state index contributed by atoms with van der Waals surface area (Å²) >= 11 is 0. The van der Waals surface area contributed by atoms with E-state index in [1.54, 1.807) is 24.0 Å². The van der Waals surface area contributed by atoms with Gasteiger partial charge >= 0.3 is 0 Å². The van der Waals surface area contributed by atoms with Crippen molar-refractivity contribution in [3.05, 3.63) is 41.9 Å². The predicted octanol–water partition coefficient (Wildman–Crippen LogP) is 1.67. The van der Waals surface area contributed by atoms with Crippen LogP contribution in [-0.2, 0) is 6.42 Å². The summed E-state index contributed by atoms with van der Waals surface area (Å²) in [6.07, 6.45) is 4.51. The van der Waals surface area contributed by atoms with Gasteiger partial charge in [0.15, 0.2) is 5.82 Å². The van der Waals surface area contributed by atoms with Crippen LogP contribution in [0.15, 0.2) is 30.6 Å². The largest absolute Gasteiger partial charge is 0.393 e. The summed E-state index contributed by atoms with van der Waals surface area (Å²) in [5.41, 5.74) is 1.50. The highest BCUT2D eigenvalue weighted by Crippen LogP contribution is 2.23. The lowest BCUT2D eigenvalue weighted by molar-refractivity contribution is 0.0761. The minimum atomic E-state index is -0.380. The summed E-state index contributed by atoms with van der Waals surface area (Å²) in [5, 5.41) is 14.1. The summed E-state index contributed by atoms with van der Waals surface area (Å²) in [4.78, 5) is 18.9. The van der Waals surface area contributed by atoms with Crippen LogP contribution in [-0.4, -0.2) is 49.9 Å². The van der Waals surface area contributed by atoms with Crippen LogP contribution < -0.4 is 0 Å². The number of carbonyl (C=O) groups is 1. The van der Waals surface area contributed by atoms with Crippen LogP contribution in [0.5, 0.6) is 0 Å². The number of pyridine rings is 1. The van der Waals surface area contributed by atoms with E-state index >= 15 is 0 Å². The molecule has 1 fully saturated rings. The number of likely N-dealkylation sites (tertiary alicyclic amines) is 1. The Morgan fingerprint density at radius 1 is 1.48 bits per heavy atom. The van der Waals surface area contributed by atoms with Gasteiger partial charge in [0.05, 0.1) is 23.6 Å². The molecule has 1 N–H and O–H groups in total. The van der Waals surface area contributed by atoms with Gasteiger partial charge in [-0.05, 0) is 31.9 Å². The molecule has 6 nitrogen and oxygen atoms in total. The van der Waals surface area contributed by atoms with Crippen LogP contribution in [0.1, 0.15) is 36.3 Å². The number of amides is 1. The van der Waals surface area contributed by atoms with Gasteiger partial charge in [0.2, 0.25) is 0 Å². The van der Waals surface area contributed by atoms with Crippen LogP contribution >= 0.6 is 0 Å². The molecule has 3 rings (SSSR count). The third kappa shape index (κ3) is 2.99. The lowest BCUT2D eigenvalue weighted by Crippen LogP contribution is -2.31. The first-order valence-corrected chi connectivity index (χ1v) is 8.07. The van der Waals surface area contributed by atoms with Gasteiger partial charge in [0, 0.05) is 25.2 Å². The molecule has 0 radical (unpaired) electrons. The average Bonchev–Trinajstić information content (AvgIpc) is 3.22. The molecule has 122 valence electrons. The molecule has 2 unspecified atom stereocenters. The molecule has 2 aromatic heterocycles. The van der Waals surface area contributed by atoms with Crippen LogP contribution in [0, 0.1) is 5.92 Å². The van der Waals surface area contributed by atoms with Crippen LogP contribution in [0.3, 0.4) is 0 Å². The van der Waals surface area contributed by atoms with E-state index < -0.39 is 0 Å². The second-order valence-corrected chi connectivity index (χ2v) is 6.00. The Morgan fingerprint density at radius 2 is 2.30 bits per heavy atom. The molecule has 0 saturated carbocycles. The van der Waals surface area contributed by atoms with Gasteiger partial charge in [0.1, 0.15) is 0 Å². The number of hydrogen-bond acceptors (Lipinski definition) is 4. The Kier molecular flexibility index (Phi) is 4.43. The van der Waals surface area contributed by atoms with Crippen LogP contribution in [0.4, 0.5) is 0 Å². The minimum Gasteiger partial charge on any atom is -0.393 e. The number of aliphatic hydroxyl groups is 1. The van der Waals surface area contributed by atoms with Gasteiger partial charge in [0.25, 0.3) is 5.91 Å². The van der Waals surface area contributed by atoms with Crippen molar-refractivity contribution in [2.24, 2.45) is 5.92 Å². The quantitative estimate of drug-likeness (QED) is 0.932. The maximum absolute atomic E-state index is 12.8. The van der Waals surface area contributed by atoms with Crippen LogP contribution in [0.2, 0.25) is 0 Å². The van der Waals surface area contributed by atoms with Gasteiger partial charge in [-0.2, -0.15) is 5.10 Å². The minimum absolute atomic E-state index is 0.00724. The summed E-state index contributed by atoms with van der Waals surface area (Å²) in [7, 11) is 0. The predicted molar refractivity (Wildman–Crippen MR) is 86.4 cm³/mol. The Bertz CT molecular complexity index is 681. The topological polar surface area (TPSA) is 71.2 Å². The van der Waals surface area contributed by atoms with E-state index in [1.165, 1.54) is 0 Å². The van der Waals surface area contributed by atoms with E-state index in [2.05, 4.69) is 10.1 Å². The molecule has 1 aliphatic rings. The summed E-state index contributed by atoms with van der Waals surface area (Å²) in [6, 6.07) is 5.63. The lowest BCUT2D eigenvalue weighted by atomic mass is 10.0. The zero-order chi connectivity index (χ0) is 16.4. The van der Waals surface area contributed by atoms with Crippen molar-refractivity contribution < 1.29 is 9.90 Å². The van der Waals surface area contributed by atoms with Crippen molar-refractivity contribution in [1.29, 1.82) is 0 Å². The molecule has 0 aliphatic carbocycles. The number of carbonyl (C=O) groups excluding carboxylic acids is 1. The zero-order valence-corrected chi connectivity index (χ0v) is 13.5. The standard InChI is InChI=1S/C17H22N4O2/c1-3-15-14(10-19-21(15)16-6-4-5-8-18-16)17(23)20-9-7-13(11-20)12(2)22/h4-6,8,10,12-13,22H,3,7,9,11H2,1-2H3. The van der Waals surface area contributed by atoms with E-state index in [9.17, 15) is 9.90 Å². The number of aliphatic hydroxyl groups excluding tert-OH is 1. The van der Waals surface area contributed by atoms with Gasteiger partial charge in [-0.25, -0.2) is 9.67 Å². The van der Waals surface area contributed by atoms with Gasteiger partial charge < -0.3 is 10.0 Å². The van der Waals surface area contributed by atoms with E-state index in [0.717, 1.165) is 12.1 Å². The average molecular weight is 314 g/mol. The molecule has 0 bridgehead atoms. The summed E-state index contributed by atoms with van der Waals surface area (Å²) < 4.78 is 1.73. The number of aromatic nitrogens is 3. The number of hydrogen-bond donors (Lipinski definition) is 1. The van der Waals surface area contributed by atoms with E-state index in [-0.39, 0.29) is 17.9 Å². The first-order valence-electron chi connectivity index (χ1n) is 8.07. The fourth-order valence-corrected chi connectivity index (χ4v) is 3.10. The monoisotopic (exact) mass is 314 g/mol. The maximum Gasteiger partial charge on any atom is 0.257 e. The van der Waals surface area contributed by atoms with Crippen LogP contribution in [0.25, 0.3) is 5.82 Å². The Morgan fingerprint density at radius 3 is 2.91 bits per heavy atom. The van der Waals surface area contributed by atoms with Gasteiger partial charge in [-0.1, -0.05) is 13.0 Å². The molecular formula is C17H22N4O2. The first kappa shape index (κ1) is 15.7. The molecule has 1 aliphatic heterocycles. The number of nitrogens with zero attached hydrogens (tertiary/aromatic N) is 4. The van der Waals surface area contributed by atoms with E-state index in [0.29, 0.717) is 30.9 Å². The smallest absolute Gasteiger partial charge is 0.257 e. The zero-order valence-electron chi connectivity index (χ0n) is 13.5. The highest BCUT2D eigenvalue weighted by molar-refractivity contribution is 5.95. The normalized spacial score (nSPS) is 19.1. The second kappa shape index (κ2) is 6.50. The second-order valence-electron chi connectivity index (χ2n) is 6.00. The van der Waals surface area contributed by atoms with Crippen molar-refractivity contribution in [3.8, 4) is 5.82 Å². The molecule has 2 atom stereocenters. The molecule has 2 aromatic rings. The molecule has 0 aromatic carbocycles. The fraction of sp³-hybridized carbons (Fsp3) is 0.471. The highest BCUT2D eigenvalue weighted by Gasteiger charge is 2.31. The highest BCUT2D eigenvalue weighted by atomic mass is 16.3. The Balaban J connectivity index is 1.86. The number of rotatable bonds is 4. The van der Waals surface area contributed by atoms with Crippen molar-refractivity contribution in [1.82, 2.24) is 19.7 Å². The molecular weight excluding hydrogens is 292 g/mol. The van der Waals surface area contributed by atoms with E-state index in [1.807, 2.05) is 30.0 Å². The molecule has 23 heavy (non-hydrogen) atoms. The third-order valence-electron chi connectivity index (χ3n) is 4.49. The molecule has 1 amide bonds. The SMILES string of the molecule is CCc1c(C(=O)N2CCC(C(C)O)C2)cnn1-c1ccccn1. The molecule has 3 heterocycles. The summed E-state index contributed by atoms with van der Waals surface area (Å²) in [5.74, 6) is 0.869. The summed E-state index contributed by atoms with van der Waals surface area (Å²) in [6.45, 7) is 5.09. The van der Waals surface area contributed by atoms with E-state index in [4.69, 9.17) is 0 Å². The fourth-order valence-electron chi connectivity index (χ4n) is 3.10. The van der Waals surface area contributed by atoms with Gasteiger partial charge in [-0.3, -0.25) is 4.79 Å². The first-order chi connectivity index (χ1) is 11.1. The maximum atomic E-state index is 12.8. The molecule has 6 heteroatoms. The van der Waals surface area contributed by atoms with Crippen molar-refractivity contribution in [2.75, 3.05) is 13.1 Å². The Hall–Kier alpha value is -2.21. The van der Waals surface area contributed by atoms with Crippen molar-refractivity contribution in [3.63, 3.8) is 0 Å².